The van der Waals surface area contributed by atoms with Crippen molar-refractivity contribution in [3.8, 4) is 0 Å². The Morgan fingerprint density at radius 1 is 1.22 bits per heavy atom. The van der Waals surface area contributed by atoms with Gasteiger partial charge in [-0.3, -0.25) is 0 Å². The van der Waals surface area contributed by atoms with Crippen LogP contribution in [-0.4, -0.2) is 18.2 Å². The highest BCUT2D eigenvalue weighted by molar-refractivity contribution is 5.92. The smallest absolute Gasteiger partial charge is 0.338 e. The predicted molar refractivity (Wildman–Crippen MR) is 79.9 cm³/mol. The highest BCUT2D eigenvalue weighted by atomic mass is 16.7. The monoisotopic (exact) mass is 312 g/mol. The summed E-state index contributed by atoms with van der Waals surface area (Å²) in [7, 11) is 0. The van der Waals surface area contributed by atoms with E-state index < -0.39 is 6.29 Å². The zero-order chi connectivity index (χ0) is 16.0. The minimum Gasteiger partial charge on any atom is -0.458 e. The van der Waals surface area contributed by atoms with Crippen molar-refractivity contribution in [2.45, 2.75) is 32.2 Å². The third-order valence-electron chi connectivity index (χ3n) is 4.57. The van der Waals surface area contributed by atoms with Crippen molar-refractivity contribution < 1.29 is 23.8 Å². The summed E-state index contributed by atoms with van der Waals surface area (Å²) in [5, 5.41) is 0. The van der Waals surface area contributed by atoms with E-state index in [0.29, 0.717) is 17.6 Å². The van der Waals surface area contributed by atoms with Gasteiger partial charge in [0.2, 0.25) is 0 Å². The fourth-order valence-electron chi connectivity index (χ4n) is 3.36. The van der Waals surface area contributed by atoms with Crippen molar-refractivity contribution in [3.05, 3.63) is 58.9 Å². The van der Waals surface area contributed by atoms with Crippen LogP contribution in [0.2, 0.25) is 0 Å². The van der Waals surface area contributed by atoms with Crippen molar-refractivity contribution in [1.29, 1.82) is 0 Å². The van der Waals surface area contributed by atoms with Gasteiger partial charge in [0.05, 0.1) is 11.8 Å². The fourth-order valence-corrected chi connectivity index (χ4v) is 3.36. The quantitative estimate of drug-likeness (QED) is 0.488. The summed E-state index contributed by atoms with van der Waals surface area (Å²) < 4.78 is 16.1. The Morgan fingerprint density at radius 2 is 2.04 bits per heavy atom. The number of carbonyl (C=O) groups is 2. The number of benzene rings is 1. The van der Waals surface area contributed by atoms with Crippen LogP contribution in [0.3, 0.4) is 0 Å². The highest BCUT2D eigenvalue weighted by Crippen LogP contribution is 2.47. The first-order valence-corrected chi connectivity index (χ1v) is 7.73. The number of ether oxygens (including phenoxy) is 3. The van der Waals surface area contributed by atoms with Crippen LogP contribution in [0, 0.1) is 5.92 Å². The lowest BCUT2D eigenvalue weighted by molar-refractivity contribution is -0.152. The molecule has 3 aliphatic rings. The van der Waals surface area contributed by atoms with Crippen molar-refractivity contribution in [2.75, 3.05) is 0 Å². The lowest BCUT2D eigenvalue weighted by atomic mass is 9.98. The van der Waals surface area contributed by atoms with Gasteiger partial charge < -0.3 is 14.2 Å². The van der Waals surface area contributed by atoms with Crippen LogP contribution >= 0.6 is 0 Å². The largest absolute Gasteiger partial charge is 0.458 e. The van der Waals surface area contributed by atoms with Gasteiger partial charge in [-0.2, -0.15) is 0 Å². The summed E-state index contributed by atoms with van der Waals surface area (Å²) in [6, 6.07) is 7.97. The second kappa shape index (κ2) is 5.26. The van der Waals surface area contributed by atoms with Gasteiger partial charge in [0.25, 0.3) is 6.29 Å². The zero-order valence-electron chi connectivity index (χ0n) is 12.7. The Balaban J connectivity index is 1.53. The van der Waals surface area contributed by atoms with Crippen LogP contribution in [0.25, 0.3) is 0 Å². The number of carbonyl (C=O) groups excluding carboxylic acids is 2. The van der Waals surface area contributed by atoms with E-state index in [9.17, 15) is 9.59 Å². The molecule has 23 heavy (non-hydrogen) atoms. The Morgan fingerprint density at radius 3 is 2.83 bits per heavy atom. The Bertz CT molecular complexity index is 746. The fraction of sp³-hybridized carbons (Fsp3) is 0.333. The van der Waals surface area contributed by atoms with Crippen LogP contribution in [0.4, 0.5) is 0 Å². The highest BCUT2D eigenvalue weighted by Gasteiger charge is 2.46. The van der Waals surface area contributed by atoms with Gasteiger partial charge in [-0.15, -0.1) is 0 Å². The molecule has 5 nitrogen and oxygen atoms in total. The maximum Gasteiger partial charge on any atom is 0.338 e. The lowest BCUT2D eigenvalue weighted by Gasteiger charge is -2.09. The van der Waals surface area contributed by atoms with E-state index in [1.54, 1.807) is 6.08 Å². The van der Waals surface area contributed by atoms with Gasteiger partial charge in [-0.25, -0.2) is 9.59 Å². The van der Waals surface area contributed by atoms with Crippen LogP contribution < -0.4 is 0 Å². The first-order chi connectivity index (χ1) is 11.2. The third-order valence-corrected chi connectivity index (χ3v) is 4.57. The molecular formula is C18H16O5. The van der Waals surface area contributed by atoms with E-state index in [1.807, 2.05) is 25.1 Å². The number of cyclic esters (lactones) is 1. The summed E-state index contributed by atoms with van der Waals surface area (Å²) in [6.45, 7) is 1.88. The SMILES string of the molecule is CCC1=C[C@H](O/C=C2/C(=O)O[C@H]3c4ccccc4C[C@@H]23)OC1=O. The molecule has 2 heterocycles. The maximum absolute atomic E-state index is 12.1. The summed E-state index contributed by atoms with van der Waals surface area (Å²) in [6.07, 6.45) is 3.38. The van der Waals surface area contributed by atoms with Crippen LogP contribution in [0.5, 0.6) is 0 Å². The number of esters is 2. The number of fused-ring (bicyclic) bond motifs is 3. The standard InChI is InChI=1S/C18H16O5/c1-2-10-8-15(22-17(10)19)21-9-14-13-7-11-5-3-4-6-12(11)16(13)23-18(14)20/h3-6,8-9,13,15-16H,2,7H2,1H3/b14-9+/t13-,15+,16-/m0/s1. The average molecular weight is 312 g/mol. The second-order valence-electron chi connectivity index (χ2n) is 5.86. The summed E-state index contributed by atoms with van der Waals surface area (Å²) >= 11 is 0. The first kappa shape index (κ1) is 14.1. The first-order valence-electron chi connectivity index (χ1n) is 7.73. The van der Waals surface area contributed by atoms with E-state index >= 15 is 0 Å². The van der Waals surface area contributed by atoms with E-state index in [-0.39, 0.29) is 24.0 Å². The number of rotatable bonds is 3. The molecule has 118 valence electrons. The van der Waals surface area contributed by atoms with Gasteiger partial charge in [-0.1, -0.05) is 31.2 Å². The predicted octanol–water partition coefficient (Wildman–Crippen LogP) is 2.58. The Hall–Kier alpha value is -2.56. The van der Waals surface area contributed by atoms with Crippen LogP contribution in [0.1, 0.15) is 30.6 Å². The van der Waals surface area contributed by atoms with Gasteiger partial charge in [0, 0.05) is 17.6 Å². The van der Waals surface area contributed by atoms with Crippen molar-refractivity contribution in [1.82, 2.24) is 0 Å². The van der Waals surface area contributed by atoms with E-state index in [1.165, 1.54) is 11.8 Å². The molecule has 1 aliphatic carbocycles. The molecule has 0 amide bonds. The van der Waals surface area contributed by atoms with Gasteiger partial charge in [-0.05, 0) is 24.0 Å². The third kappa shape index (κ3) is 2.23. The molecule has 1 saturated heterocycles. The minimum atomic E-state index is -0.763. The molecule has 2 aliphatic heterocycles. The lowest BCUT2D eigenvalue weighted by Crippen LogP contribution is -2.12. The molecule has 0 spiro atoms. The second-order valence-corrected chi connectivity index (χ2v) is 5.86. The number of hydrogen-bond acceptors (Lipinski definition) is 5. The average Bonchev–Trinajstić information content (AvgIpc) is 3.17. The molecule has 0 radical (unpaired) electrons. The zero-order valence-corrected chi connectivity index (χ0v) is 12.7. The van der Waals surface area contributed by atoms with E-state index in [4.69, 9.17) is 14.2 Å². The minimum absolute atomic E-state index is 0.0355. The molecule has 1 aromatic rings. The van der Waals surface area contributed by atoms with E-state index in [0.717, 1.165) is 12.0 Å². The van der Waals surface area contributed by atoms with Crippen molar-refractivity contribution >= 4 is 11.9 Å². The van der Waals surface area contributed by atoms with E-state index in [2.05, 4.69) is 6.07 Å². The molecule has 5 heteroatoms. The maximum atomic E-state index is 12.1. The molecule has 0 aromatic heterocycles. The summed E-state index contributed by atoms with van der Waals surface area (Å²) in [5.74, 6) is -0.763. The normalized spacial score (nSPS) is 29.9. The molecule has 0 unspecified atom stereocenters. The molecule has 1 fully saturated rings. The molecular weight excluding hydrogens is 296 g/mol. The Kier molecular flexibility index (Phi) is 3.22. The molecule has 1 aromatic carbocycles. The van der Waals surface area contributed by atoms with Gasteiger partial charge in [0.15, 0.2) is 0 Å². The van der Waals surface area contributed by atoms with Crippen molar-refractivity contribution in [2.24, 2.45) is 5.92 Å². The van der Waals surface area contributed by atoms with Crippen molar-refractivity contribution in [3.63, 3.8) is 0 Å². The molecule has 3 atom stereocenters. The molecule has 0 N–H and O–H groups in total. The summed E-state index contributed by atoms with van der Waals surface area (Å²) in [4.78, 5) is 23.6. The molecule has 4 rings (SSSR count). The molecule has 0 bridgehead atoms. The topological polar surface area (TPSA) is 61.8 Å². The number of hydrogen-bond donors (Lipinski definition) is 0. The van der Waals surface area contributed by atoms with Crippen LogP contribution in [-0.2, 0) is 30.2 Å². The molecule has 0 saturated carbocycles. The van der Waals surface area contributed by atoms with Gasteiger partial charge >= 0.3 is 11.9 Å². The Labute approximate surface area is 133 Å². The van der Waals surface area contributed by atoms with Gasteiger partial charge in [0.1, 0.15) is 6.10 Å². The summed E-state index contributed by atoms with van der Waals surface area (Å²) in [5.41, 5.74) is 3.35. The van der Waals surface area contributed by atoms with Crippen LogP contribution in [0.15, 0.2) is 47.7 Å².